The topological polar surface area (TPSA) is 74.0 Å². The molecule has 1 N–H and O–H groups in total. The third-order valence-corrected chi connectivity index (χ3v) is 5.00. The summed E-state index contributed by atoms with van der Waals surface area (Å²) in [7, 11) is 0. The molecule has 3 heterocycles. The number of nitrogens with zero attached hydrogens (tertiary/aromatic N) is 4. The van der Waals surface area contributed by atoms with Gasteiger partial charge in [-0.25, -0.2) is 14.1 Å². The first kappa shape index (κ1) is 18.1. The largest absolute Gasteiger partial charge is 0.489 e. The summed E-state index contributed by atoms with van der Waals surface area (Å²) in [5.74, 6) is 0.0229. The summed E-state index contributed by atoms with van der Waals surface area (Å²) in [4.78, 5) is 16.9. The Morgan fingerprint density at radius 2 is 1.97 bits per heavy atom. The molecule has 0 aliphatic carbocycles. The van der Waals surface area contributed by atoms with Crippen molar-refractivity contribution in [3.8, 4) is 11.4 Å². The van der Waals surface area contributed by atoms with Crippen molar-refractivity contribution in [2.75, 3.05) is 6.61 Å². The van der Waals surface area contributed by atoms with Crippen LogP contribution >= 0.6 is 0 Å². The number of carbonyl (C=O) groups is 1. The van der Waals surface area contributed by atoms with Crippen LogP contribution in [0, 0.1) is 5.82 Å². The molecule has 1 atom stereocenters. The first-order valence-electron chi connectivity index (χ1n) is 9.52. The molecule has 7 nitrogen and oxygen atoms in total. The van der Waals surface area contributed by atoms with E-state index in [9.17, 15) is 9.18 Å². The molecule has 1 aliphatic heterocycles. The maximum atomic E-state index is 13.9. The molecule has 2 aromatic heterocycles. The summed E-state index contributed by atoms with van der Waals surface area (Å²) in [6.07, 6.45) is 3.35. The molecule has 4 aromatic rings. The lowest BCUT2D eigenvalue weighted by molar-refractivity contribution is 0.0910. The highest BCUT2D eigenvalue weighted by Crippen LogP contribution is 2.31. The second kappa shape index (κ2) is 7.47. The predicted molar refractivity (Wildman–Crippen MR) is 107 cm³/mol. The van der Waals surface area contributed by atoms with Gasteiger partial charge >= 0.3 is 0 Å². The smallest absolute Gasteiger partial charge is 0.291 e. The third-order valence-electron chi connectivity index (χ3n) is 5.00. The van der Waals surface area contributed by atoms with Gasteiger partial charge in [-0.3, -0.25) is 4.79 Å². The van der Waals surface area contributed by atoms with E-state index in [1.54, 1.807) is 18.2 Å². The number of ether oxygens (including phenoxy) is 1. The zero-order valence-electron chi connectivity index (χ0n) is 15.9. The maximum Gasteiger partial charge on any atom is 0.291 e. The maximum absolute atomic E-state index is 13.9. The molecule has 1 unspecified atom stereocenters. The van der Waals surface area contributed by atoms with E-state index in [0.717, 1.165) is 17.1 Å². The molecule has 8 heteroatoms. The summed E-state index contributed by atoms with van der Waals surface area (Å²) >= 11 is 0. The second-order valence-electron chi connectivity index (χ2n) is 6.96. The Hall–Kier alpha value is -3.94. The standard InChI is InChI=1S/C22H18FN5O2/c23-16-7-2-1-6-15(16)12-27-14-24-21(26-27)22(29)25-17-13-30-20-10-4-3-8-19(20)28-11-5-9-18(17)28/h1-11,14,17H,12-13H2,(H,25,29). The van der Waals surface area contributed by atoms with Crippen molar-refractivity contribution >= 4 is 5.91 Å². The van der Waals surface area contributed by atoms with Crippen molar-refractivity contribution in [3.63, 3.8) is 0 Å². The van der Waals surface area contributed by atoms with Gasteiger partial charge in [0, 0.05) is 17.5 Å². The van der Waals surface area contributed by atoms with Crippen LogP contribution in [0.1, 0.15) is 27.9 Å². The van der Waals surface area contributed by atoms with E-state index in [0.29, 0.717) is 5.56 Å². The van der Waals surface area contributed by atoms with Crippen molar-refractivity contribution < 1.29 is 13.9 Å². The molecule has 0 saturated heterocycles. The van der Waals surface area contributed by atoms with E-state index in [4.69, 9.17) is 4.74 Å². The van der Waals surface area contributed by atoms with Crippen molar-refractivity contribution in [2.24, 2.45) is 0 Å². The van der Waals surface area contributed by atoms with Crippen LogP contribution in [-0.4, -0.2) is 31.8 Å². The Morgan fingerprint density at radius 1 is 1.13 bits per heavy atom. The van der Waals surface area contributed by atoms with Crippen LogP contribution in [0.25, 0.3) is 5.69 Å². The van der Waals surface area contributed by atoms with E-state index >= 15 is 0 Å². The molecule has 30 heavy (non-hydrogen) atoms. The van der Waals surface area contributed by atoms with Gasteiger partial charge in [-0.05, 0) is 30.3 Å². The van der Waals surface area contributed by atoms with E-state index in [2.05, 4.69) is 15.4 Å². The number of hydrogen-bond acceptors (Lipinski definition) is 4. The van der Waals surface area contributed by atoms with E-state index in [1.165, 1.54) is 17.1 Å². The molecule has 1 aliphatic rings. The summed E-state index contributed by atoms with van der Waals surface area (Å²) in [5.41, 5.74) is 2.29. The number of nitrogens with one attached hydrogen (secondary N) is 1. The van der Waals surface area contributed by atoms with Gasteiger partial charge in [0.2, 0.25) is 5.82 Å². The minimum Gasteiger partial charge on any atom is -0.489 e. The average Bonchev–Trinajstić information content (AvgIpc) is 3.40. The molecule has 0 bridgehead atoms. The number of aromatic nitrogens is 4. The molecule has 0 radical (unpaired) electrons. The van der Waals surface area contributed by atoms with Gasteiger partial charge < -0.3 is 14.6 Å². The van der Waals surface area contributed by atoms with Crippen molar-refractivity contribution in [2.45, 2.75) is 12.6 Å². The van der Waals surface area contributed by atoms with Gasteiger partial charge in [-0.1, -0.05) is 30.3 Å². The molecule has 150 valence electrons. The highest BCUT2D eigenvalue weighted by atomic mass is 19.1. The molecule has 0 fully saturated rings. The van der Waals surface area contributed by atoms with Gasteiger partial charge in [0.05, 0.1) is 12.2 Å². The second-order valence-corrected chi connectivity index (χ2v) is 6.96. The van der Waals surface area contributed by atoms with Gasteiger partial charge in [-0.15, -0.1) is 5.10 Å². The van der Waals surface area contributed by atoms with Crippen LogP contribution in [0.15, 0.2) is 73.2 Å². The van der Waals surface area contributed by atoms with Crippen LogP contribution in [-0.2, 0) is 6.54 Å². The number of para-hydroxylation sites is 2. The normalized spacial score (nSPS) is 14.9. The predicted octanol–water partition coefficient (Wildman–Crippen LogP) is 3.12. The van der Waals surface area contributed by atoms with Crippen LogP contribution in [0.5, 0.6) is 5.75 Å². The highest BCUT2D eigenvalue weighted by Gasteiger charge is 2.25. The molecule has 5 rings (SSSR count). The lowest BCUT2D eigenvalue weighted by atomic mass is 10.2. The fraction of sp³-hybridized carbons (Fsp3) is 0.136. The first-order valence-corrected chi connectivity index (χ1v) is 9.52. The van der Waals surface area contributed by atoms with Crippen LogP contribution in [0.4, 0.5) is 4.39 Å². The lowest BCUT2D eigenvalue weighted by Gasteiger charge is -2.16. The lowest BCUT2D eigenvalue weighted by Crippen LogP contribution is -2.33. The van der Waals surface area contributed by atoms with Crippen molar-refractivity contribution in [1.82, 2.24) is 24.6 Å². The van der Waals surface area contributed by atoms with Gasteiger partial charge in [-0.2, -0.15) is 0 Å². The zero-order chi connectivity index (χ0) is 20.5. The first-order chi connectivity index (χ1) is 14.7. The number of fused-ring (bicyclic) bond motifs is 3. The van der Waals surface area contributed by atoms with Crippen molar-refractivity contribution in [3.05, 3.63) is 96.1 Å². The van der Waals surface area contributed by atoms with Crippen LogP contribution in [0.3, 0.4) is 0 Å². The molecule has 1 amide bonds. The number of halogens is 1. The molecular formula is C22H18FN5O2. The zero-order valence-corrected chi connectivity index (χ0v) is 15.9. The van der Waals surface area contributed by atoms with Crippen molar-refractivity contribution in [1.29, 1.82) is 0 Å². The summed E-state index contributed by atoms with van der Waals surface area (Å²) < 4.78 is 23.2. The van der Waals surface area contributed by atoms with Gasteiger partial charge in [0.15, 0.2) is 0 Å². The number of rotatable bonds is 4. The number of hydrogen-bond donors (Lipinski definition) is 1. The third kappa shape index (κ3) is 3.32. The van der Waals surface area contributed by atoms with E-state index in [-0.39, 0.29) is 30.8 Å². The molecule has 0 spiro atoms. The number of amides is 1. The minimum absolute atomic E-state index is 0.0196. The molecule has 2 aromatic carbocycles. The average molecular weight is 403 g/mol. The Balaban J connectivity index is 1.34. The Labute approximate surface area is 171 Å². The van der Waals surface area contributed by atoms with Gasteiger partial charge in [0.1, 0.15) is 30.5 Å². The minimum atomic E-state index is -0.422. The number of carbonyl (C=O) groups excluding carboxylic acids is 1. The fourth-order valence-electron chi connectivity index (χ4n) is 3.55. The Bertz CT molecular complexity index is 1220. The summed E-state index contributed by atoms with van der Waals surface area (Å²) in [5, 5.41) is 7.14. The Kier molecular flexibility index (Phi) is 4.51. The summed E-state index contributed by atoms with van der Waals surface area (Å²) in [6.45, 7) is 0.473. The highest BCUT2D eigenvalue weighted by molar-refractivity contribution is 5.90. The van der Waals surface area contributed by atoms with Crippen LogP contribution < -0.4 is 10.1 Å². The summed E-state index contributed by atoms with van der Waals surface area (Å²) in [6, 6.07) is 17.7. The molecular weight excluding hydrogens is 385 g/mol. The Morgan fingerprint density at radius 3 is 2.87 bits per heavy atom. The van der Waals surface area contributed by atoms with Gasteiger partial charge in [0.25, 0.3) is 5.91 Å². The quantitative estimate of drug-likeness (QED) is 0.568. The fourth-order valence-corrected chi connectivity index (χ4v) is 3.55. The monoisotopic (exact) mass is 403 g/mol. The SMILES string of the molecule is O=C(NC1COc2ccccc2-n2cccc21)c1ncn(Cc2ccccc2F)n1. The number of benzene rings is 2. The van der Waals surface area contributed by atoms with Crippen LogP contribution in [0.2, 0.25) is 0 Å². The van der Waals surface area contributed by atoms with E-state index in [1.807, 2.05) is 47.2 Å². The molecule has 0 saturated carbocycles. The van der Waals surface area contributed by atoms with E-state index < -0.39 is 5.91 Å².